The lowest BCUT2D eigenvalue weighted by Crippen LogP contribution is -1.93. The molecule has 5 heteroatoms. The molecule has 3 nitrogen and oxygen atoms in total. The van der Waals surface area contributed by atoms with E-state index in [9.17, 15) is 14.8 Å². The fraction of sp³-hybridized carbons (Fsp3) is 0.0526. The summed E-state index contributed by atoms with van der Waals surface area (Å²) in [5, 5.41) is 20.6. The Hall–Kier alpha value is -3.02. The molecule has 24 heavy (non-hydrogen) atoms. The largest absolute Gasteiger partial charge is 0.492 e. The minimum Gasteiger partial charge on any atom is -0.492 e. The Morgan fingerprint density at radius 2 is 2.00 bits per heavy atom. The van der Waals surface area contributed by atoms with Gasteiger partial charge in [-0.3, -0.25) is 0 Å². The average Bonchev–Trinajstić information content (AvgIpc) is 2.60. The van der Waals surface area contributed by atoms with Gasteiger partial charge in [-0.25, -0.2) is 9.37 Å². The predicted octanol–water partition coefficient (Wildman–Crippen LogP) is 4.22. The monoisotopic (exact) mass is 334 g/mol. The number of rotatable bonds is 3. The van der Waals surface area contributed by atoms with Crippen molar-refractivity contribution >= 4 is 22.5 Å². The lowest BCUT2D eigenvalue weighted by Gasteiger charge is -2.09. The first-order valence-corrected chi connectivity index (χ1v) is 8.02. The van der Waals surface area contributed by atoms with Gasteiger partial charge in [-0.1, -0.05) is 24.1 Å². The lowest BCUT2D eigenvalue weighted by atomic mass is 10.1. The standard InChI is InChI=1S/C19H11FN2OS/c1-2-12-5-3-4-6-13(12)11-24-19-16-9-14(20)7-8-15(16)17(10-21)18(23)22-19/h1,3-9H,11H2,(H,22,23). The normalized spacial score (nSPS) is 10.3. The molecule has 0 unspecified atom stereocenters. The minimum atomic E-state index is -0.426. The van der Waals surface area contributed by atoms with Gasteiger partial charge in [0.2, 0.25) is 5.88 Å². The molecule has 3 rings (SSSR count). The summed E-state index contributed by atoms with van der Waals surface area (Å²) < 4.78 is 13.6. The minimum absolute atomic E-state index is 0.0402. The second kappa shape index (κ2) is 6.62. The molecule has 1 N–H and O–H groups in total. The summed E-state index contributed by atoms with van der Waals surface area (Å²) >= 11 is 1.33. The Labute approximate surface area is 142 Å². The first kappa shape index (κ1) is 15.9. The first-order chi connectivity index (χ1) is 11.6. The van der Waals surface area contributed by atoms with Gasteiger partial charge in [0.05, 0.1) is 0 Å². The van der Waals surface area contributed by atoms with E-state index in [1.807, 2.05) is 30.3 Å². The molecular formula is C19H11FN2OS. The summed E-state index contributed by atoms with van der Waals surface area (Å²) in [6.07, 6.45) is 5.49. The van der Waals surface area contributed by atoms with Crippen molar-refractivity contribution in [1.82, 2.24) is 4.98 Å². The number of thioether (sulfide) groups is 1. The Bertz CT molecular complexity index is 1020. The van der Waals surface area contributed by atoms with Crippen molar-refractivity contribution in [3.63, 3.8) is 0 Å². The third-order valence-electron chi connectivity index (χ3n) is 3.56. The van der Waals surface area contributed by atoms with Crippen LogP contribution in [0.5, 0.6) is 5.88 Å². The van der Waals surface area contributed by atoms with Crippen molar-refractivity contribution in [3.05, 3.63) is 65.0 Å². The molecule has 0 bridgehead atoms. The van der Waals surface area contributed by atoms with Crippen molar-refractivity contribution in [2.24, 2.45) is 0 Å². The number of fused-ring (bicyclic) bond motifs is 1. The zero-order valence-electron chi connectivity index (χ0n) is 12.5. The molecule has 116 valence electrons. The van der Waals surface area contributed by atoms with Crippen molar-refractivity contribution in [2.45, 2.75) is 10.8 Å². The van der Waals surface area contributed by atoms with E-state index in [-0.39, 0.29) is 11.4 Å². The number of nitriles is 1. The number of benzene rings is 2. The molecule has 0 amide bonds. The second-order valence-corrected chi connectivity index (χ2v) is 5.97. The SMILES string of the molecule is C#Cc1ccccc1CSc1nc(O)c(C#N)c2ccc(F)cc12. The molecule has 0 aliphatic heterocycles. The molecule has 0 saturated carbocycles. The molecular weight excluding hydrogens is 323 g/mol. The molecule has 1 heterocycles. The van der Waals surface area contributed by atoms with Gasteiger partial charge < -0.3 is 5.11 Å². The van der Waals surface area contributed by atoms with Crippen LogP contribution < -0.4 is 0 Å². The van der Waals surface area contributed by atoms with Crippen molar-refractivity contribution in [3.8, 4) is 24.3 Å². The Morgan fingerprint density at radius 3 is 2.75 bits per heavy atom. The zero-order valence-corrected chi connectivity index (χ0v) is 13.3. The van der Waals surface area contributed by atoms with Crippen LogP contribution in [0.4, 0.5) is 4.39 Å². The Morgan fingerprint density at radius 1 is 1.21 bits per heavy atom. The van der Waals surface area contributed by atoms with Crippen LogP contribution in [0, 0.1) is 29.5 Å². The van der Waals surface area contributed by atoms with Gasteiger partial charge in [-0.05, 0) is 29.8 Å². The van der Waals surface area contributed by atoms with Gasteiger partial charge in [0, 0.05) is 22.1 Å². The van der Waals surface area contributed by atoms with Crippen LogP contribution in [0.3, 0.4) is 0 Å². The summed E-state index contributed by atoms with van der Waals surface area (Å²) in [5.74, 6) is 2.36. The van der Waals surface area contributed by atoms with Crippen LogP contribution in [0.25, 0.3) is 10.8 Å². The molecule has 0 aliphatic rings. The van der Waals surface area contributed by atoms with Crippen LogP contribution in [-0.4, -0.2) is 10.1 Å². The molecule has 0 radical (unpaired) electrons. The number of pyridine rings is 1. The number of terminal acetylenes is 1. The van der Waals surface area contributed by atoms with Crippen molar-refractivity contribution in [2.75, 3.05) is 0 Å². The van der Waals surface area contributed by atoms with E-state index < -0.39 is 5.82 Å². The number of hydrogen-bond donors (Lipinski definition) is 1. The van der Waals surface area contributed by atoms with Crippen molar-refractivity contribution in [1.29, 1.82) is 5.26 Å². The highest BCUT2D eigenvalue weighted by Crippen LogP contribution is 2.34. The van der Waals surface area contributed by atoms with Gasteiger partial charge in [0.15, 0.2) is 0 Å². The smallest absolute Gasteiger partial charge is 0.230 e. The number of aromatic hydroxyl groups is 1. The van der Waals surface area contributed by atoms with E-state index in [0.717, 1.165) is 11.1 Å². The van der Waals surface area contributed by atoms with Gasteiger partial charge in [0.25, 0.3) is 0 Å². The van der Waals surface area contributed by atoms with Crippen LogP contribution in [-0.2, 0) is 5.75 Å². The van der Waals surface area contributed by atoms with Gasteiger partial charge in [-0.2, -0.15) is 5.26 Å². The fourth-order valence-corrected chi connectivity index (χ4v) is 3.42. The Balaban J connectivity index is 2.06. The molecule has 0 fully saturated rings. The summed E-state index contributed by atoms with van der Waals surface area (Å²) in [6.45, 7) is 0. The van der Waals surface area contributed by atoms with E-state index >= 15 is 0 Å². The maximum absolute atomic E-state index is 13.6. The Kier molecular flexibility index (Phi) is 4.37. The number of nitrogens with zero attached hydrogens (tertiary/aromatic N) is 2. The molecule has 0 atom stereocenters. The number of aromatic nitrogens is 1. The van der Waals surface area contributed by atoms with Crippen LogP contribution in [0.1, 0.15) is 16.7 Å². The highest BCUT2D eigenvalue weighted by molar-refractivity contribution is 7.98. The van der Waals surface area contributed by atoms with E-state index in [0.29, 0.717) is 21.6 Å². The topological polar surface area (TPSA) is 56.9 Å². The van der Waals surface area contributed by atoms with E-state index in [2.05, 4.69) is 10.9 Å². The van der Waals surface area contributed by atoms with Gasteiger partial charge in [-0.15, -0.1) is 18.2 Å². The highest BCUT2D eigenvalue weighted by atomic mass is 32.2. The molecule has 0 saturated heterocycles. The van der Waals surface area contributed by atoms with Crippen LogP contribution >= 0.6 is 11.8 Å². The highest BCUT2D eigenvalue weighted by Gasteiger charge is 2.15. The summed E-state index contributed by atoms with van der Waals surface area (Å²) in [7, 11) is 0. The summed E-state index contributed by atoms with van der Waals surface area (Å²) in [5.41, 5.74) is 1.76. The number of halogens is 1. The molecule has 3 aromatic rings. The van der Waals surface area contributed by atoms with Crippen molar-refractivity contribution < 1.29 is 9.50 Å². The third kappa shape index (κ3) is 2.90. The predicted molar refractivity (Wildman–Crippen MR) is 92.0 cm³/mol. The average molecular weight is 334 g/mol. The summed E-state index contributed by atoms with van der Waals surface area (Å²) in [4.78, 5) is 4.06. The lowest BCUT2D eigenvalue weighted by molar-refractivity contribution is 0.448. The van der Waals surface area contributed by atoms with Crippen LogP contribution in [0.15, 0.2) is 47.5 Å². The maximum atomic E-state index is 13.6. The van der Waals surface area contributed by atoms with Gasteiger partial charge in [0.1, 0.15) is 22.5 Å². The van der Waals surface area contributed by atoms with E-state index in [4.69, 9.17) is 6.42 Å². The van der Waals surface area contributed by atoms with Gasteiger partial charge >= 0.3 is 0 Å². The third-order valence-corrected chi connectivity index (χ3v) is 4.60. The second-order valence-electron chi connectivity index (χ2n) is 5.01. The maximum Gasteiger partial charge on any atom is 0.230 e. The fourth-order valence-electron chi connectivity index (χ4n) is 2.40. The molecule has 0 spiro atoms. The summed E-state index contributed by atoms with van der Waals surface area (Å²) in [6, 6.07) is 13.5. The quantitative estimate of drug-likeness (QED) is 0.575. The van der Waals surface area contributed by atoms with E-state index in [1.165, 1.54) is 30.0 Å². The van der Waals surface area contributed by atoms with Crippen LogP contribution in [0.2, 0.25) is 0 Å². The zero-order chi connectivity index (χ0) is 17.1. The number of hydrogen-bond acceptors (Lipinski definition) is 4. The molecule has 2 aromatic carbocycles. The van der Waals surface area contributed by atoms with E-state index in [1.54, 1.807) is 0 Å². The molecule has 0 aliphatic carbocycles. The molecule has 1 aromatic heterocycles. The first-order valence-electron chi connectivity index (χ1n) is 7.03.